The SMILES string of the molecule is Cc1ncccc1C(=O)OCCl. The van der Waals surface area contributed by atoms with E-state index < -0.39 is 5.97 Å². The second-order valence-corrected chi connectivity index (χ2v) is 2.40. The van der Waals surface area contributed by atoms with Crippen LogP contribution in [-0.4, -0.2) is 17.0 Å². The van der Waals surface area contributed by atoms with E-state index in [4.69, 9.17) is 11.6 Å². The Morgan fingerprint density at radius 1 is 1.75 bits per heavy atom. The third kappa shape index (κ3) is 1.95. The van der Waals surface area contributed by atoms with Crippen LogP contribution in [0.15, 0.2) is 18.3 Å². The molecule has 0 aromatic carbocycles. The molecule has 1 aromatic rings. The van der Waals surface area contributed by atoms with Crippen molar-refractivity contribution >= 4 is 17.6 Å². The van der Waals surface area contributed by atoms with E-state index in [0.717, 1.165) is 0 Å². The summed E-state index contributed by atoms with van der Waals surface area (Å²) in [5.74, 6) is -0.435. The van der Waals surface area contributed by atoms with Gasteiger partial charge in [0, 0.05) is 6.20 Å². The molecular weight excluding hydrogens is 178 g/mol. The number of esters is 1. The number of rotatable bonds is 2. The Morgan fingerprint density at radius 2 is 2.50 bits per heavy atom. The van der Waals surface area contributed by atoms with Crippen molar-refractivity contribution in [1.82, 2.24) is 4.98 Å². The van der Waals surface area contributed by atoms with Crippen molar-refractivity contribution < 1.29 is 9.53 Å². The largest absolute Gasteiger partial charge is 0.446 e. The molecule has 0 amide bonds. The summed E-state index contributed by atoms with van der Waals surface area (Å²) in [5, 5.41) is 0. The molecule has 1 rings (SSSR count). The molecule has 64 valence electrons. The van der Waals surface area contributed by atoms with Gasteiger partial charge in [0.05, 0.1) is 11.3 Å². The fraction of sp³-hybridized carbons (Fsp3) is 0.250. The summed E-state index contributed by atoms with van der Waals surface area (Å²) in [6.07, 6.45) is 1.62. The van der Waals surface area contributed by atoms with E-state index in [2.05, 4.69) is 9.72 Å². The number of alkyl halides is 1. The summed E-state index contributed by atoms with van der Waals surface area (Å²) >= 11 is 5.24. The molecule has 0 N–H and O–H groups in total. The number of nitrogens with zero attached hydrogens (tertiary/aromatic N) is 1. The normalized spacial score (nSPS) is 9.50. The van der Waals surface area contributed by atoms with E-state index in [1.54, 1.807) is 25.3 Å². The molecule has 1 heterocycles. The number of hydrogen-bond acceptors (Lipinski definition) is 3. The van der Waals surface area contributed by atoms with Crippen LogP contribution in [0.5, 0.6) is 0 Å². The van der Waals surface area contributed by atoms with Gasteiger partial charge in [-0.25, -0.2) is 4.79 Å². The molecule has 0 bridgehead atoms. The quantitative estimate of drug-likeness (QED) is 0.521. The Kier molecular flexibility index (Phi) is 3.05. The molecule has 0 aliphatic carbocycles. The fourth-order valence-electron chi connectivity index (χ4n) is 0.827. The minimum absolute atomic E-state index is 0.132. The van der Waals surface area contributed by atoms with Crippen LogP contribution in [0.2, 0.25) is 0 Å². The number of ether oxygens (including phenoxy) is 1. The van der Waals surface area contributed by atoms with Crippen LogP contribution in [0.3, 0.4) is 0 Å². The number of halogens is 1. The Morgan fingerprint density at radius 3 is 3.08 bits per heavy atom. The molecular formula is C8H8ClNO2. The van der Waals surface area contributed by atoms with Crippen LogP contribution in [0.25, 0.3) is 0 Å². The van der Waals surface area contributed by atoms with Gasteiger partial charge in [0.25, 0.3) is 0 Å². The van der Waals surface area contributed by atoms with Crippen molar-refractivity contribution in [2.75, 3.05) is 6.07 Å². The van der Waals surface area contributed by atoms with Crippen molar-refractivity contribution in [3.63, 3.8) is 0 Å². The fourth-order valence-corrected chi connectivity index (χ4v) is 0.926. The van der Waals surface area contributed by atoms with Crippen LogP contribution in [0.1, 0.15) is 16.1 Å². The first-order valence-electron chi connectivity index (χ1n) is 3.40. The lowest BCUT2D eigenvalue weighted by Crippen LogP contribution is -2.06. The number of carbonyl (C=O) groups is 1. The third-order valence-corrected chi connectivity index (χ3v) is 1.52. The molecule has 0 saturated heterocycles. The van der Waals surface area contributed by atoms with Crippen LogP contribution >= 0.6 is 11.6 Å². The van der Waals surface area contributed by atoms with Gasteiger partial charge in [-0.05, 0) is 19.1 Å². The third-order valence-electron chi connectivity index (χ3n) is 1.41. The van der Waals surface area contributed by atoms with E-state index in [1.165, 1.54) is 0 Å². The van der Waals surface area contributed by atoms with Gasteiger partial charge in [-0.15, -0.1) is 0 Å². The predicted octanol–water partition coefficient (Wildman–Crippen LogP) is 1.74. The summed E-state index contributed by atoms with van der Waals surface area (Å²) in [6.45, 7) is 1.74. The highest BCUT2D eigenvalue weighted by molar-refractivity contribution is 6.17. The minimum atomic E-state index is -0.435. The van der Waals surface area contributed by atoms with Crippen molar-refractivity contribution in [2.45, 2.75) is 6.92 Å². The van der Waals surface area contributed by atoms with Crippen LogP contribution in [0.4, 0.5) is 0 Å². The van der Waals surface area contributed by atoms with E-state index >= 15 is 0 Å². The summed E-state index contributed by atoms with van der Waals surface area (Å²) in [4.78, 5) is 15.1. The van der Waals surface area contributed by atoms with E-state index in [1.807, 2.05) is 0 Å². The smallest absolute Gasteiger partial charge is 0.341 e. The molecule has 0 saturated carbocycles. The first kappa shape index (κ1) is 9.00. The van der Waals surface area contributed by atoms with Gasteiger partial charge in [-0.2, -0.15) is 0 Å². The van der Waals surface area contributed by atoms with Crippen molar-refractivity contribution in [1.29, 1.82) is 0 Å². The minimum Gasteiger partial charge on any atom is -0.446 e. The lowest BCUT2D eigenvalue weighted by atomic mass is 10.2. The van der Waals surface area contributed by atoms with Gasteiger partial charge in [0.1, 0.15) is 0 Å². The summed E-state index contributed by atoms with van der Waals surface area (Å²) in [6, 6.07) is 3.20. The predicted molar refractivity (Wildman–Crippen MR) is 45.1 cm³/mol. The second-order valence-electron chi connectivity index (χ2n) is 2.18. The number of carbonyl (C=O) groups excluding carboxylic acids is 1. The zero-order valence-corrected chi connectivity index (χ0v) is 7.34. The maximum absolute atomic E-state index is 11.1. The number of hydrogen-bond donors (Lipinski definition) is 0. The molecule has 0 unspecified atom stereocenters. The molecule has 0 atom stereocenters. The molecule has 0 aliphatic rings. The molecule has 3 nitrogen and oxygen atoms in total. The van der Waals surface area contributed by atoms with Crippen molar-refractivity contribution in [2.24, 2.45) is 0 Å². The summed E-state index contributed by atoms with van der Waals surface area (Å²) in [7, 11) is 0. The van der Waals surface area contributed by atoms with E-state index in [0.29, 0.717) is 11.3 Å². The van der Waals surface area contributed by atoms with Crippen molar-refractivity contribution in [3.8, 4) is 0 Å². The molecule has 12 heavy (non-hydrogen) atoms. The molecule has 4 heteroatoms. The van der Waals surface area contributed by atoms with Gasteiger partial charge in [0.2, 0.25) is 0 Å². The first-order valence-corrected chi connectivity index (χ1v) is 3.94. The zero-order chi connectivity index (χ0) is 8.97. The summed E-state index contributed by atoms with van der Waals surface area (Å²) < 4.78 is 4.60. The highest BCUT2D eigenvalue weighted by Gasteiger charge is 2.08. The highest BCUT2D eigenvalue weighted by atomic mass is 35.5. The monoisotopic (exact) mass is 185 g/mol. The highest BCUT2D eigenvalue weighted by Crippen LogP contribution is 2.05. The zero-order valence-electron chi connectivity index (χ0n) is 6.58. The van der Waals surface area contributed by atoms with Crippen LogP contribution < -0.4 is 0 Å². The Hall–Kier alpha value is -1.09. The number of aryl methyl sites for hydroxylation is 1. The van der Waals surface area contributed by atoms with Gasteiger partial charge < -0.3 is 4.74 Å². The van der Waals surface area contributed by atoms with E-state index in [-0.39, 0.29) is 6.07 Å². The number of aromatic nitrogens is 1. The molecule has 0 fully saturated rings. The maximum Gasteiger partial charge on any atom is 0.341 e. The Bertz CT molecular complexity index is 288. The van der Waals surface area contributed by atoms with Gasteiger partial charge in [0.15, 0.2) is 6.07 Å². The molecule has 0 radical (unpaired) electrons. The average Bonchev–Trinajstić information content (AvgIpc) is 2.05. The van der Waals surface area contributed by atoms with Gasteiger partial charge in [-0.1, -0.05) is 11.6 Å². The van der Waals surface area contributed by atoms with Crippen LogP contribution in [0, 0.1) is 6.92 Å². The second kappa shape index (κ2) is 4.07. The average molecular weight is 186 g/mol. The van der Waals surface area contributed by atoms with Crippen molar-refractivity contribution in [3.05, 3.63) is 29.6 Å². The van der Waals surface area contributed by atoms with E-state index in [9.17, 15) is 4.79 Å². The topological polar surface area (TPSA) is 39.2 Å². The first-order chi connectivity index (χ1) is 5.75. The number of pyridine rings is 1. The molecule has 0 spiro atoms. The molecule has 0 aliphatic heterocycles. The molecule has 1 aromatic heterocycles. The standard InChI is InChI=1S/C8H8ClNO2/c1-6-7(3-2-4-10-6)8(11)12-5-9/h2-4H,5H2,1H3. The lowest BCUT2D eigenvalue weighted by Gasteiger charge is -2.01. The Labute approximate surface area is 75.3 Å². The Balaban J connectivity index is 2.87. The van der Waals surface area contributed by atoms with Gasteiger partial charge in [-0.3, -0.25) is 4.98 Å². The maximum atomic E-state index is 11.1. The summed E-state index contributed by atoms with van der Waals surface area (Å²) in [5.41, 5.74) is 1.10. The van der Waals surface area contributed by atoms with Crippen LogP contribution in [-0.2, 0) is 4.74 Å². The van der Waals surface area contributed by atoms with Gasteiger partial charge >= 0.3 is 5.97 Å². The lowest BCUT2D eigenvalue weighted by molar-refractivity contribution is 0.0573.